The minimum Gasteiger partial charge on any atom is -0.480 e. The number of hydrogen-bond donors (Lipinski definition) is 2. The fourth-order valence-corrected chi connectivity index (χ4v) is 4.64. The maximum atomic E-state index is 13.0. The molecule has 2 amide bonds. The number of esters is 2. The number of ether oxygens (including phenoxy) is 3. The second-order valence-corrected chi connectivity index (χ2v) is 12.3. The van der Waals surface area contributed by atoms with Crippen molar-refractivity contribution in [1.29, 1.82) is 0 Å². The van der Waals surface area contributed by atoms with Crippen LogP contribution in [0.25, 0.3) is 0 Å². The van der Waals surface area contributed by atoms with Gasteiger partial charge in [0.15, 0.2) is 6.29 Å². The van der Waals surface area contributed by atoms with Gasteiger partial charge < -0.3 is 24.4 Å². The van der Waals surface area contributed by atoms with Crippen LogP contribution in [-0.4, -0.2) is 72.9 Å². The van der Waals surface area contributed by atoms with Crippen LogP contribution >= 0.6 is 0 Å². The van der Waals surface area contributed by atoms with Crippen LogP contribution in [0.3, 0.4) is 0 Å². The molecule has 2 aromatic carbocycles. The molecule has 0 aliphatic rings. The van der Waals surface area contributed by atoms with Gasteiger partial charge in [0, 0.05) is 42.5 Å². The number of benzene rings is 2. The molecular formula is C38H45N5O8. The second kappa shape index (κ2) is 19.4. The van der Waals surface area contributed by atoms with Gasteiger partial charge in [-0.3, -0.25) is 24.5 Å². The number of aromatic nitrogens is 2. The predicted molar refractivity (Wildman–Crippen MR) is 191 cm³/mol. The van der Waals surface area contributed by atoms with E-state index in [1.54, 1.807) is 58.9 Å². The lowest BCUT2D eigenvalue weighted by Crippen LogP contribution is -2.42. The topological polar surface area (TPSA) is 166 Å². The first kappa shape index (κ1) is 39.7. The van der Waals surface area contributed by atoms with Crippen molar-refractivity contribution < 1.29 is 38.2 Å². The van der Waals surface area contributed by atoms with Crippen LogP contribution in [0, 0.1) is 17.3 Å². The van der Waals surface area contributed by atoms with E-state index in [9.17, 15) is 24.0 Å². The Balaban J connectivity index is 1.79. The number of rotatable bonds is 16. The van der Waals surface area contributed by atoms with E-state index >= 15 is 0 Å². The smallest absolute Gasteiger partial charge is 0.328 e. The molecule has 0 bridgehead atoms. The molecule has 0 spiro atoms. The molecular weight excluding hydrogens is 654 g/mol. The highest BCUT2D eigenvalue weighted by Crippen LogP contribution is 2.28. The molecule has 1 aromatic heterocycles. The molecule has 13 heteroatoms. The maximum Gasteiger partial charge on any atom is 0.328 e. The minimum absolute atomic E-state index is 0.00761. The third-order valence-electron chi connectivity index (χ3n) is 7.33. The molecule has 3 rings (SSSR count). The molecule has 0 aliphatic heterocycles. The van der Waals surface area contributed by atoms with Gasteiger partial charge in [0.2, 0.25) is 17.7 Å². The predicted octanol–water partition coefficient (Wildman–Crippen LogP) is 4.74. The number of carbonyl (C=O) groups is 5. The number of nitrogens with one attached hydrogen (secondary N) is 2. The van der Waals surface area contributed by atoms with E-state index < -0.39 is 29.3 Å². The Bertz CT molecular complexity index is 1730. The first-order valence-electron chi connectivity index (χ1n) is 16.6. The summed E-state index contributed by atoms with van der Waals surface area (Å²) in [6.07, 6.45) is 0.980. The van der Waals surface area contributed by atoms with Crippen molar-refractivity contribution in [2.24, 2.45) is 5.41 Å². The van der Waals surface area contributed by atoms with Gasteiger partial charge >= 0.3 is 11.9 Å². The molecule has 0 radical (unpaired) electrons. The zero-order valence-corrected chi connectivity index (χ0v) is 29.9. The first-order valence-corrected chi connectivity index (χ1v) is 16.6. The van der Waals surface area contributed by atoms with Crippen molar-refractivity contribution in [3.8, 4) is 17.7 Å². The van der Waals surface area contributed by atoms with E-state index in [2.05, 4.69) is 32.4 Å². The fraction of sp³-hybridized carbons (Fsp3) is 0.395. The van der Waals surface area contributed by atoms with E-state index in [0.717, 1.165) is 5.56 Å². The molecule has 13 nitrogen and oxygen atoms in total. The summed E-state index contributed by atoms with van der Waals surface area (Å²) in [6, 6.07) is 15.2. The van der Waals surface area contributed by atoms with Gasteiger partial charge in [0.25, 0.3) is 5.91 Å². The summed E-state index contributed by atoms with van der Waals surface area (Å²) in [4.78, 5) is 72.9. The van der Waals surface area contributed by atoms with Gasteiger partial charge in [-0.25, -0.2) is 4.79 Å². The van der Waals surface area contributed by atoms with Crippen molar-refractivity contribution in [2.75, 3.05) is 37.1 Å². The molecule has 0 saturated carbocycles. The summed E-state index contributed by atoms with van der Waals surface area (Å²) < 4.78 is 15.4. The molecule has 1 heterocycles. The Labute approximate surface area is 298 Å². The van der Waals surface area contributed by atoms with E-state index in [0.29, 0.717) is 36.9 Å². The third kappa shape index (κ3) is 12.3. The quantitative estimate of drug-likeness (QED) is 0.121. The highest BCUT2D eigenvalue weighted by molar-refractivity contribution is 5.97. The van der Waals surface area contributed by atoms with Crippen LogP contribution in [0.1, 0.15) is 85.7 Å². The van der Waals surface area contributed by atoms with E-state index in [1.165, 1.54) is 7.11 Å². The third-order valence-corrected chi connectivity index (χ3v) is 7.33. The number of carbonyl (C=O) groups excluding carboxylic acids is 5. The Hall–Kier alpha value is -5.77. The highest BCUT2D eigenvalue weighted by atomic mass is 16.5. The number of aldehydes is 1. The number of hydrogen-bond acceptors (Lipinski definition) is 11. The fourth-order valence-electron chi connectivity index (χ4n) is 4.64. The molecule has 0 fully saturated rings. The van der Waals surface area contributed by atoms with E-state index in [1.807, 2.05) is 35.2 Å². The van der Waals surface area contributed by atoms with Gasteiger partial charge in [0.05, 0.1) is 20.3 Å². The van der Waals surface area contributed by atoms with Gasteiger partial charge in [-0.05, 0) is 50.1 Å². The van der Waals surface area contributed by atoms with Gasteiger partial charge in [-0.15, -0.1) is 0 Å². The van der Waals surface area contributed by atoms with Gasteiger partial charge in [-0.1, -0.05) is 62.9 Å². The standard InChI is InChI=1S/C38H45N5O8/c1-7-50-31(45)22-21-30(35(47)51-8-2)39-33(46)28-19-17-26(18-20-28)14-12-13-23-43(24-27-15-10-9-11-16-27)32-29(25-44)34(49-6)41-37(40-32)42-36(48)38(3,4)5/h9-11,15-20,25,30H,7-8,13,21-24H2,1-6H3,(H,39,46)(H,40,41,42,48)/t30-/m0/s1. The molecule has 2 N–H and O–H groups in total. The second-order valence-electron chi connectivity index (χ2n) is 12.3. The summed E-state index contributed by atoms with van der Waals surface area (Å²) in [6.45, 7) is 9.72. The van der Waals surface area contributed by atoms with Crippen molar-refractivity contribution in [2.45, 2.75) is 66.5 Å². The molecule has 0 aliphatic carbocycles. The van der Waals surface area contributed by atoms with Crippen molar-refractivity contribution in [3.63, 3.8) is 0 Å². The molecule has 1 atom stereocenters. The average molecular weight is 700 g/mol. The van der Waals surface area contributed by atoms with Crippen molar-refractivity contribution in [3.05, 3.63) is 76.9 Å². The lowest BCUT2D eigenvalue weighted by atomic mass is 9.96. The zero-order valence-electron chi connectivity index (χ0n) is 29.9. The minimum atomic E-state index is -1.01. The van der Waals surface area contributed by atoms with Crippen LogP contribution in [0.4, 0.5) is 11.8 Å². The Kier molecular flexibility index (Phi) is 15.1. The van der Waals surface area contributed by atoms with Gasteiger partial charge in [0.1, 0.15) is 17.4 Å². The first-order chi connectivity index (χ1) is 24.4. The molecule has 0 saturated heterocycles. The van der Waals surface area contributed by atoms with Crippen LogP contribution in [0.5, 0.6) is 5.88 Å². The molecule has 270 valence electrons. The number of amides is 2. The molecule has 0 unspecified atom stereocenters. The maximum absolute atomic E-state index is 13.0. The van der Waals surface area contributed by atoms with E-state index in [-0.39, 0.29) is 55.2 Å². The summed E-state index contributed by atoms with van der Waals surface area (Å²) in [7, 11) is 1.39. The lowest BCUT2D eigenvalue weighted by molar-refractivity contribution is -0.146. The SMILES string of the molecule is CCOC(=O)CC[C@H](NC(=O)c1ccc(C#CCCN(Cc2ccccc2)c2nc(NC(=O)C(C)(C)C)nc(OC)c2C=O)cc1)C(=O)OCC. The number of methoxy groups -OCH3 is 1. The highest BCUT2D eigenvalue weighted by Gasteiger charge is 2.26. The number of anilines is 2. The monoisotopic (exact) mass is 699 g/mol. The number of nitrogens with zero attached hydrogens (tertiary/aromatic N) is 3. The normalized spacial score (nSPS) is 11.3. The Morgan fingerprint density at radius 2 is 1.65 bits per heavy atom. The summed E-state index contributed by atoms with van der Waals surface area (Å²) in [5, 5.41) is 5.37. The Morgan fingerprint density at radius 1 is 0.961 bits per heavy atom. The Morgan fingerprint density at radius 3 is 2.25 bits per heavy atom. The lowest BCUT2D eigenvalue weighted by Gasteiger charge is -2.26. The van der Waals surface area contributed by atoms with Crippen LogP contribution in [0.2, 0.25) is 0 Å². The average Bonchev–Trinajstić information content (AvgIpc) is 3.11. The zero-order chi connectivity index (χ0) is 37.4. The van der Waals surface area contributed by atoms with Crippen molar-refractivity contribution in [1.82, 2.24) is 15.3 Å². The summed E-state index contributed by atoms with van der Waals surface area (Å²) in [5.74, 6) is 4.64. The van der Waals surface area contributed by atoms with Crippen LogP contribution < -0.4 is 20.3 Å². The van der Waals surface area contributed by atoms with Gasteiger partial charge in [-0.2, -0.15) is 9.97 Å². The van der Waals surface area contributed by atoms with E-state index in [4.69, 9.17) is 14.2 Å². The molecule has 51 heavy (non-hydrogen) atoms. The summed E-state index contributed by atoms with van der Waals surface area (Å²) in [5.41, 5.74) is 1.33. The molecule has 3 aromatic rings. The largest absolute Gasteiger partial charge is 0.480 e. The van der Waals surface area contributed by atoms with Crippen LogP contribution in [-0.2, 0) is 30.4 Å². The summed E-state index contributed by atoms with van der Waals surface area (Å²) >= 11 is 0. The van der Waals surface area contributed by atoms with Crippen LogP contribution in [0.15, 0.2) is 54.6 Å². The van der Waals surface area contributed by atoms with Crippen molar-refractivity contribution >= 4 is 41.8 Å².